The Balaban J connectivity index is 1.51. The van der Waals surface area contributed by atoms with Gasteiger partial charge in [0.25, 0.3) is 5.56 Å². The summed E-state index contributed by atoms with van der Waals surface area (Å²) < 4.78 is 1.60. The minimum Gasteiger partial charge on any atom is -0.353 e. The van der Waals surface area contributed by atoms with Crippen molar-refractivity contribution in [3.8, 4) is 0 Å². The van der Waals surface area contributed by atoms with Crippen LogP contribution in [-0.2, 0) is 24.2 Å². The Labute approximate surface area is 145 Å². The van der Waals surface area contributed by atoms with E-state index in [4.69, 9.17) is 0 Å². The fourth-order valence-corrected chi connectivity index (χ4v) is 4.82. The SMILES string of the molecule is C[C@H](NC(=O)CCn1cnc2sc3c(c2c1=O)CCCC3)C1CC1. The Morgan fingerprint density at radius 3 is 3.00 bits per heavy atom. The zero-order chi connectivity index (χ0) is 16.7. The number of hydrogen-bond donors (Lipinski definition) is 1. The molecule has 0 unspecified atom stereocenters. The van der Waals surface area contributed by atoms with Gasteiger partial charge in [0.2, 0.25) is 5.91 Å². The maximum Gasteiger partial charge on any atom is 0.262 e. The van der Waals surface area contributed by atoms with E-state index in [1.807, 2.05) is 0 Å². The molecule has 0 aliphatic heterocycles. The Morgan fingerprint density at radius 1 is 1.42 bits per heavy atom. The van der Waals surface area contributed by atoms with Gasteiger partial charge < -0.3 is 5.32 Å². The van der Waals surface area contributed by atoms with Crippen LogP contribution in [0.5, 0.6) is 0 Å². The van der Waals surface area contributed by atoms with Crippen LogP contribution in [0.1, 0.15) is 49.5 Å². The van der Waals surface area contributed by atoms with Crippen LogP contribution in [0.25, 0.3) is 10.2 Å². The number of carbonyl (C=O) groups excluding carboxylic acids is 1. The van der Waals surface area contributed by atoms with Gasteiger partial charge in [-0.05, 0) is 56.9 Å². The first-order valence-electron chi connectivity index (χ1n) is 8.92. The van der Waals surface area contributed by atoms with Gasteiger partial charge >= 0.3 is 0 Å². The summed E-state index contributed by atoms with van der Waals surface area (Å²) in [6.45, 7) is 2.46. The maximum atomic E-state index is 12.8. The van der Waals surface area contributed by atoms with E-state index in [1.54, 1.807) is 22.2 Å². The number of rotatable bonds is 5. The summed E-state index contributed by atoms with van der Waals surface area (Å²) in [5.74, 6) is 0.667. The van der Waals surface area contributed by atoms with Crippen molar-refractivity contribution in [1.82, 2.24) is 14.9 Å². The number of carbonyl (C=O) groups is 1. The summed E-state index contributed by atoms with van der Waals surface area (Å²) in [5, 5.41) is 3.84. The minimum absolute atomic E-state index is 0.0161. The highest BCUT2D eigenvalue weighted by Gasteiger charge is 2.28. The second-order valence-corrected chi connectivity index (χ2v) is 8.16. The summed E-state index contributed by atoms with van der Waals surface area (Å²) in [4.78, 5) is 31.5. The third-order valence-corrected chi connectivity index (χ3v) is 6.44. The van der Waals surface area contributed by atoms with Gasteiger partial charge in [0.15, 0.2) is 0 Å². The van der Waals surface area contributed by atoms with Crippen LogP contribution in [0.15, 0.2) is 11.1 Å². The number of thiophene rings is 1. The molecule has 2 aromatic heterocycles. The Hall–Kier alpha value is -1.69. The third kappa shape index (κ3) is 2.99. The molecule has 0 radical (unpaired) electrons. The van der Waals surface area contributed by atoms with E-state index in [2.05, 4.69) is 17.2 Å². The van der Waals surface area contributed by atoms with Crippen LogP contribution in [0, 0.1) is 5.92 Å². The van der Waals surface area contributed by atoms with Gasteiger partial charge in [-0.1, -0.05) is 0 Å². The second kappa shape index (κ2) is 6.31. The van der Waals surface area contributed by atoms with E-state index >= 15 is 0 Å². The average Bonchev–Trinajstić information content (AvgIpc) is 3.35. The lowest BCUT2D eigenvalue weighted by atomic mass is 9.97. The number of fused-ring (bicyclic) bond motifs is 3. The van der Waals surface area contributed by atoms with Gasteiger partial charge in [-0.2, -0.15) is 0 Å². The van der Waals surface area contributed by atoms with Crippen molar-refractivity contribution in [1.29, 1.82) is 0 Å². The monoisotopic (exact) mass is 345 g/mol. The molecule has 0 spiro atoms. The fraction of sp³-hybridized carbons (Fsp3) is 0.611. The highest BCUT2D eigenvalue weighted by Crippen LogP contribution is 2.33. The van der Waals surface area contributed by atoms with Gasteiger partial charge in [0, 0.05) is 23.9 Å². The first kappa shape index (κ1) is 15.8. The molecule has 1 atom stereocenters. The summed E-state index contributed by atoms with van der Waals surface area (Å²) in [5.41, 5.74) is 1.22. The molecule has 0 saturated heterocycles. The molecule has 2 aliphatic rings. The molecule has 2 aromatic rings. The first-order chi connectivity index (χ1) is 11.6. The number of nitrogens with zero attached hydrogens (tertiary/aromatic N) is 2. The van der Waals surface area contributed by atoms with Crippen molar-refractivity contribution < 1.29 is 4.79 Å². The Morgan fingerprint density at radius 2 is 2.21 bits per heavy atom. The molecule has 2 heterocycles. The van der Waals surface area contributed by atoms with Crippen LogP contribution in [0.4, 0.5) is 0 Å². The first-order valence-corrected chi connectivity index (χ1v) is 9.74. The zero-order valence-corrected chi connectivity index (χ0v) is 14.8. The number of aromatic nitrogens is 2. The zero-order valence-electron chi connectivity index (χ0n) is 14.0. The normalized spacial score (nSPS) is 18.4. The molecule has 2 aliphatic carbocycles. The highest BCUT2D eigenvalue weighted by molar-refractivity contribution is 7.18. The van der Waals surface area contributed by atoms with Crippen LogP contribution in [0.2, 0.25) is 0 Å². The molecule has 128 valence electrons. The molecule has 24 heavy (non-hydrogen) atoms. The van der Waals surface area contributed by atoms with E-state index in [0.717, 1.165) is 29.5 Å². The molecule has 6 heteroatoms. The number of amides is 1. The number of nitrogens with one attached hydrogen (secondary N) is 1. The van der Waals surface area contributed by atoms with Crippen molar-refractivity contribution in [3.63, 3.8) is 0 Å². The molecule has 5 nitrogen and oxygen atoms in total. The lowest BCUT2D eigenvalue weighted by molar-refractivity contribution is -0.122. The van der Waals surface area contributed by atoms with Gasteiger partial charge in [0.1, 0.15) is 4.83 Å². The Kier molecular flexibility index (Phi) is 4.16. The fourth-order valence-electron chi connectivity index (χ4n) is 3.60. The highest BCUT2D eigenvalue weighted by atomic mass is 32.1. The van der Waals surface area contributed by atoms with E-state index in [1.165, 1.54) is 29.7 Å². The molecule has 1 N–H and O–H groups in total. The predicted octanol–water partition coefficient (Wildman–Crippen LogP) is 2.64. The average molecular weight is 345 g/mol. The van der Waals surface area contributed by atoms with E-state index in [9.17, 15) is 9.59 Å². The molecular formula is C18H23N3O2S. The summed E-state index contributed by atoms with van der Waals surface area (Å²) >= 11 is 1.66. The summed E-state index contributed by atoms with van der Waals surface area (Å²) in [6.07, 6.45) is 8.76. The standard InChI is InChI=1S/C18H23N3O2S/c1-11(12-6-7-12)20-15(22)8-9-21-10-19-17-16(18(21)23)13-4-2-3-5-14(13)24-17/h10-12H,2-9H2,1H3,(H,20,22)/t11-/m0/s1. The molecule has 1 amide bonds. The Bertz CT molecular complexity index is 835. The van der Waals surface area contributed by atoms with E-state index < -0.39 is 0 Å². The van der Waals surface area contributed by atoms with Gasteiger partial charge in [-0.3, -0.25) is 14.2 Å². The molecule has 0 aromatic carbocycles. The molecule has 1 saturated carbocycles. The summed E-state index contributed by atoms with van der Waals surface area (Å²) in [6, 6.07) is 0.249. The van der Waals surface area contributed by atoms with Crippen molar-refractivity contribution in [3.05, 3.63) is 27.1 Å². The lowest BCUT2D eigenvalue weighted by Crippen LogP contribution is -2.35. The van der Waals surface area contributed by atoms with Gasteiger partial charge in [-0.15, -0.1) is 11.3 Å². The smallest absolute Gasteiger partial charge is 0.262 e. The minimum atomic E-state index is 0.0161. The van der Waals surface area contributed by atoms with E-state index in [0.29, 0.717) is 18.9 Å². The maximum absolute atomic E-state index is 12.8. The third-order valence-electron chi connectivity index (χ3n) is 5.24. The van der Waals surface area contributed by atoms with Crippen LogP contribution in [-0.4, -0.2) is 21.5 Å². The summed E-state index contributed by atoms with van der Waals surface area (Å²) in [7, 11) is 0. The lowest BCUT2D eigenvalue weighted by Gasteiger charge is -2.13. The van der Waals surface area contributed by atoms with Gasteiger partial charge in [0.05, 0.1) is 11.7 Å². The number of aryl methyl sites for hydroxylation is 3. The van der Waals surface area contributed by atoms with Crippen molar-refractivity contribution in [2.24, 2.45) is 5.92 Å². The molecule has 0 bridgehead atoms. The second-order valence-electron chi connectivity index (χ2n) is 7.08. The van der Waals surface area contributed by atoms with E-state index in [-0.39, 0.29) is 17.5 Å². The predicted molar refractivity (Wildman–Crippen MR) is 95.5 cm³/mol. The van der Waals surface area contributed by atoms with Crippen molar-refractivity contribution in [2.75, 3.05) is 0 Å². The van der Waals surface area contributed by atoms with Crippen molar-refractivity contribution in [2.45, 2.75) is 64.5 Å². The molecular weight excluding hydrogens is 322 g/mol. The van der Waals surface area contributed by atoms with Crippen LogP contribution in [0.3, 0.4) is 0 Å². The largest absolute Gasteiger partial charge is 0.353 e. The molecule has 4 rings (SSSR count). The molecule has 1 fully saturated rings. The van der Waals surface area contributed by atoms with Gasteiger partial charge in [-0.25, -0.2) is 4.98 Å². The topological polar surface area (TPSA) is 64.0 Å². The van der Waals surface area contributed by atoms with Crippen LogP contribution < -0.4 is 10.9 Å². The quantitative estimate of drug-likeness (QED) is 0.906. The number of hydrogen-bond acceptors (Lipinski definition) is 4. The van der Waals surface area contributed by atoms with Crippen LogP contribution >= 0.6 is 11.3 Å². The van der Waals surface area contributed by atoms with Crippen molar-refractivity contribution >= 4 is 27.5 Å².